The van der Waals surface area contributed by atoms with Gasteiger partial charge in [-0.3, -0.25) is 9.59 Å². The highest BCUT2D eigenvalue weighted by molar-refractivity contribution is 5.82. The molecule has 136 valence electrons. The van der Waals surface area contributed by atoms with E-state index >= 15 is 0 Å². The van der Waals surface area contributed by atoms with Crippen molar-refractivity contribution in [2.24, 2.45) is 5.92 Å². The van der Waals surface area contributed by atoms with Crippen LogP contribution in [-0.2, 0) is 9.59 Å². The number of amides is 2. The molecule has 2 aliphatic rings. The molecular formula is C18H24N2O5. The second-order valence-corrected chi connectivity index (χ2v) is 6.65. The summed E-state index contributed by atoms with van der Waals surface area (Å²) in [5, 5.41) is 2.92. The zero-order valence-corrected chi connectivity index (χ0v) is 14.6. The van der Waals surface area contributed by atoms with E-state index in [1.807, 2.05) is 13.8 Å². The molecular weight excluding hydrogens is 324 g/mol. The van der Waals surface area contributed by atoms with E-state index in [4.69, 9.17) is 14.2 Å². The van der Waals surface area contributed by atoms with Crippen LogP contribution in [0.1, 0.15) is 26.7 Å². The number of hydrogen-bond donors (Lipinski definition) is 1. The Balaban J connectivity index is 1.51. The quantitative estimate of drug-likeness (QED) is 0.874. The van der Waals surface area contributed by atoms with Gasteiger partial charge < -0.3 is 24.4 Å². The molecule has 1 atom stereocenters. The normalized spacial score (nSPS) is 19.0. The molecule has 2 aliphatic heterocycles. The summed E-state index contributed by atoms with van der Waals surface area (Å²) in [5.41, 5.74) is 0. The number of benzene rings is 1. The van der Waals surface area contributed by atoms with Gasteiger partial charge in [0.1, 0.15) is 5.75 Å². The van der Waals surface area contributed by atoms with Gasteiger partial charge in [0.15, 0.2) is 18.1 Å². The molecule has 1 aromatic carbocycles. The van der Waals surface area contributed by atoms with Crippen LogP contribution in [0.5, 0.6) is 17.2 Å². The van der Waals surface area contributed by atoms with Crippen LogP contribution in [0.15, 0.2) is 18.2 Å². The number of fused-ring (bicyclic) bond motifs is 1. The molecule has 25 heavy (non-hydrogen) atoms. The number of nitrogens with one attached hydrogen (secondary N) is 1. The molecule has 0 radical (unpaired) electrons. The number of hydrogen-bond acceptors (Lipinski definition) is 5. The maximum atomic E-state index is 12.4. The number of ether oxygens (including phenoxy) is 3. The fourth-order valence-electron chi connectivity index (χ4n) is 3.02. The molecule has 1 fully saturated rings. The third kappa shape index (κ3) is 4.35. The third-order valence-electron chi connectivity index (χ3n) is 4.28. The number of carbonyl (C=O) groups is 2. The molecule has 0 spiro atoms. The largest absolute Gasteiger partial charge is 0.484 e. The lowest BCUT2D eigenvalue weighted by Gasteiger charge is -2.32. The molecule has 0 bridgehead atoms. The highest BCUT2D eigenvalue weighted by Crippen LogP contribution is 2.35. The predicted octanol–water partition coefficient (Wildman–Crippen LogP) is 1.56. The molecule has 0 aromatic heterocycles. The average molecular weight is 348 g/mol. The van der Waals surface area contributed by atoms with E-state index in [0.717, 1.165) is 12.8 Å². The first-order chi connectivity index (χ1) is 12.0. The van der Waals surface area contributed by atoms with E-state index < -0.39 is 0 Å². The summed E-state index contributed by atoms with van der Waals surface area (Å²) in [4.78, 5) is 26.3. The SMILES string of the molecule is CC(C)NC(=O)C1CCCN(C(=O)COc2ccc3c(c2)OCO3)C1. The summed E-state index contributed by atoms with van der Waals surface area (Å²) in [5.74, 6) is 1.61. The number of nitrogens with zero attached hydrogens (tertiary/aromatic N) is 1. The first-order valence-electron chi connectivity index (χ1n) is 8.63. The zero-order chi connectivity index (χ0) is 17.8. The van der Waals surface area contributed by atoms with Crippen molar-refractivity contribution in [2.75, 3.05) is 26.5 Å². The zero-order valence-electron chi connectivity index (χ0n) is 14.6. The van der Waals surface area contributed by atoms with Gasteiger partial charge in [-0.2, -0.15) is 0 Å². The lowest BCUT2D eigenvalue weighted by atomic mass is 9.97. The Labute approximate surface area is 147 Å². The van der Waals surface area contributed by atoms with Gasteiger partial charge in [0, 0.05) is 25.2 Å². The second-order valence-electron chi connectivity index (χ2n) is 6.65. The minimum atomic E-state index is -0.148. The molecule has 1 saturated heterocycles. The number of likely N-dealkylation sites (tertiary alicyclic amines) is 1. The van der Waals surface area contributed by atoms with Gasteiger partial charge in [0.05, 0.1) is 5.92 Å². The van der Waals surface area contributed by atoms with Gasteiger partial charge >= 0.3 is 0 Å². The number of carbonyl (C=O) groups excluding carboxylic acids is 2. The summed E-state index contributed by atoms with van der Waals surface area (Å²) in [6, 6.07) is 5.32. The summed E-state index contributed by atoms with van der Waals surface area (Å²) in [6.45, 7) is 5.12. The van der Waals surface area contributed by atoms with Crippen molar-refractivity contribution in [1.82, 2.24) is 10.2 Å². The van der Waals surface area contributed by atoms with Crippen molar-refractivity contribution in [3.8, 4) is 17.2 Å². The lowest BCUT2D eigenvalue weighted by molar-refractivity contribution is -0.137. The Morgan fingerprint density at radius 2 is 2.12 bits per heavy atom. The van der Waals surface area contributed by atoms with E-state index in [2.05, 4.69) is 5.32 Å². The Hall–Kier alpha value is -2.44. The summed E-state index contributed by atoms with van der Waals surface area (Å²) >= 11 is 0. The van der Waals surface area contributed by atoms with Crippen LogP contribution < -0.4 is 19.5 Å². The monoisotopic (exact) mass is 348 g/mol. The van der Waals surface area contributed by atoms with E-state index in [1.165, 1.54) is 0 Å². The van der Waals surface area contributed by atoms with Crippen LogP contribution in [0.4, 0.5) is 0 Å². The average Bonchev–Trinajstić information content (AvgIpc) is 3.07. The summed E-state index contributed by atoms with van der Waals surface area (Å²) < 4.78 is 16.1. The molecule has 7 nitrogen and oxygen atoms in total. The second kappa shape index (κ2) is 7.63. The molecule has 1 unspecified atom stereocenters. The Morgan fingerprint density at radius 1 is 1.32 bits per heavy atom. The van der Waals surface area contributed by atoms with Crippen LogP contribution in [0.3, 0.4) is 0 Å². The third-order valence-corrected chi connectivity index (χ3v) is 4.28. The molecule has 1 aromatic rings. The predicted molar refractivity (Wildman–Crippen MR) is 90.6 cm³/mol. The summed E-state index contributed by atoms with van der Waals surface area (Å²) in [6.07, 6.45) is 1.64. The lowest BCUT2D eigenvalue weighted by Crippen LogP contribution is -2.47. The summed E-state index contributed by atoms with van der Waals surface area (Å²) in [7, 11) is 0. The Morgan fingerprint density at radius 3 is 2.92 bits per heavy atom. The minimum Gasteiger partial charge on any atom is -0.484 e. The fourth-order valence-corrected chi connectivity index (χ4v) is 3.02. The molecule has 2 heterocycles. The number of rotatable bonds is 5. The van der Waals surface area contributed by atoms with Gasteiger partial charge in [0.25, 0.3) is 5.91 Å². The first kappa shape index (κ1) is 17.4. The molecule has 1 N–H and O–H groups in total. The smallest absolute Gasteiger partial charge is 0.260 e. The first-order valence-corrected chi connectivity index (χ1v) is 8.63. The van der Waals surface area contributed by atoms with Crippen LogP contribution in [-0.4, -0.2) is 49.2 Å². The van der Waals surface area contributed by atoms with Gasteiger partial charge in [-0.05, 0) is 38.8 Å². The van der Waals surface area contributed by atoms with Gasteiger partial charge in [0.2, 0.25) is 12.7 Å². The van der Waals surface area contributed by atoms with E-state index in [-0.39, 0.29) is 37.2 Å². The van der Waals surface area contributed by atoms with Crippen molar-refractivity contribution >= 4 is 11.8 Å². The maximum Gasteiger partial charge on any atom is 0.260 e. The van der Waals surface area contributed by atoms with E-state index in [9.17, 15) is 9.59 Å². The van der Waals surface area contributed by atoms with Crippen molar-refractivity contribution in [3.05, 3.63) is 18.2 Å². The molecule has 0 saturated carbocycles. The van der Waals surface area contributed by atoms with E-state index in [1.54, 1.807) is 23.1 Å². The molecule has 3 rings (SSSR count). The fraction of sp³-hybridized carbons (Fsp3) is 0.556. The maximum absolute atomic E-state index is 12.4. The van der Waals surface area contributed by atoms with Gasteiger partial charge in [-0.25, -0.2) is 0 Å². The minimum absolute atomic E-state index is 0.0178. The van der Waals surface area contributed by atoms with Gasteiger partial charge in [-0.1, -0.05) is 0 Å². The molecule has 0 aliphatic carbocycles. The topological polar surface area (TPSA) is 77.1 Å². The Kier molecular flexibility index (Phi) is 5.31. The van der Waals surface area contributed by atoms with Crippen LogP contribution >= 0.6 is 0 Å². The molecule has 2 amide bonds. The van der Waals surface area contributed by atoms with Crippen molar-refractivity contribution in [3.63, 3.8) is 0 Å². The van der Waals surface area contributed by atoms with Crippen molar-refractivity contribution < 1.29 is 23.8 Å². The number of piperidine rings is 1. The van der Waals surface area contributed by atoms with Crippen molar-refractivity contribution in [1.29, 1.82) is 0 Å². The van der Waals surface area contributed by atoms with E-state index in [0.29, 0.717) is 30.3 Å². The van der Waals surface area contributed by atoms with Crippen LogP contribution in [0, 0.1) is 5.92 Å². The highest BCUT2D eigenvalue weighted by Gasteiger charge is 2.28. The highest BCUT2D eigenvalue weighted by atomic mass is 16.7. The Bertz CT molecular complexity index is 646. The molecule has 7 heteroatoms. The van der Waals surface area contributed by atoms with Crippen molar-refractivity contribution in [2.45, 2.75) is 32.7 Å². The van der Waals surface area contributed by atoms with Crippen LogP contribution in [0.2, 0.25) is 0 Å². The standard InChI is InChI=1S/C18H24N2O5/c1-12(2)19-18(22)13-4-3-7-20(9-13)17(21)10-23-14-5-6-15-16(8-14)25-11-24-15/h5-6,8,12-13H,3-4,7,9-11H2,1-2H3,(H,19,22). The van der Waals surface area contributed by atoms with Crippen LogP contribution in [0.25, 0.3) is 0 Å². The van der Waals surface area contributed by atoms with Gasteiger partial charge in [-0.15, -0.1) is 0 Å².